The molecule has 1 aliphatic heterocycles. The molecule has 0 saturated carbocycles. The average molecular weight is 343 g/mol. The second-order valence-corrected chi connectivity index (χ2v) is 6.12. The molecule has 3 N–H and O–H groups in total. The summed E-state index contributed by atoms with van der Waals surface area (Å²) >= 11 is 11.9. The van der Waals surface area contributed by atoms with Crippen LogP contribution in [0.4, 0.5) is 0 Å². The van der Waals surface area contributed by atoms with Gasteiger partial charge in [0.2, 0.25) is 0 Å². The summed E-state index contributed by atoms with van der Waals surface area (Å²) in [5.41, 5.74) is 7.01. The Bertz CT molecular complexity index is 591. The molecule has 0 radical (unpaired) electrons. The molecule has 1 heterocycles. The van der Waals surface area contributed by atoms with Crippen molar-refractivity contribution in [1.82, 2.24) is 4.90 Å². The van der Waals surface area contributed by atoms with Gasteiger partial charge in [0.1, 0.15) is 11.6 Å². The van der Waals surface area contributed by atoms with Crippen molar-refractivity contribution in [3.8, 4) is 5.75 Å². The molecule has 2 unspecified atom stereocenters. The lowest BCUT2D eigenvalue weighted by molar-refractivity contribution is 0.178. The number of amidine groups is 1. The fraction of sp³-hybridized carbons (Fsp3) is 0.467. The minimum absolute atomic E-state index is 0.0173. The van der Waals surface area contributed by atoms with Crippen LogP contribution < -0.4 is 10.5 Å². The molecule has 2 rings (SSSR count). The monoisotopic (exact) mass is 342 g/mol. The number of nitrogens with two attached hydrogens (primary N) is 1. The van der Waals surface area contributed by atoms with Gasteiger partial charge in [-0.15, -0.1) is 0 Å². The molecule has 0 saturated heterocycles. The Balaban J connectivity index is 2.34. The number of hydrogen-bond donors (Lipinski definition) is 2. The summed E-state index contributed by atoms with van der Waals surface area (Å²) in [5, 5.41) is 8.28. The summed E-state index contributed by atoms with van der Waals surface area (Å²) in [6.45, 7) is 3.44. The number of benzene rings is 1. The third-order valence-electron chi connectivity index (χ3n) is 3.91. The van der Waals surface area contributed by atoms with Gasteiger partial charge in [-0.3, -0.25) is 15.3 Å². The van der Waals surface area contributed by atoms with Gasteiger partial charge in [-0.2, -0.15) is 0 Å². The number of rotatable bonds is 5. The molecule has 1 aromatic carbocycles. The zero-order valence-corrected chi connectivity index (χ0v) is 14.2. The average Bonchev–Trinajstić information content (AvgIpc) is 2.48. The summed E-state index contributed by atoms with van der Waals surface area (Å²) in [6, 6.07) is 5.39. The molecule has 0 aliphatic carbocycles. The van der Waals surface area contributed by atoms with Gasteiger partial charge in [-0.1, -0.05) is 23.2 Å². The van der Waals surface area contributed by atoms with Crippen LogP contribution in [0.25, 0.3) is 0 Å². The molecule has 1 aliphatic rings. The highest BCUT2D eigenvalue weighted by molar-refractivity contribution is 6.64. The van der Waals surface area contributed by atoms with Gasteiger partial charge in [-0.05, 0) is 25.1 Å². The standard InChI is InChI=1S/C15H20Cl2N4O/c1-9(11-7-10(16)3-4-13(11)22-2)21-6-5-20-15(19)12(21)8-14(17)18/h3-4,7,9,12,18H,5-6,8H2,1-2H3,(H2,19,20). The Morgan fingerprint density at radius 2 is 2.32 bits per heavy atom. The lowest BCUT2D eigenvalue weighted by atomic mass is 10.0. The number of halogens is 2. The third-order valence-corrected chi connectivity index (χ3v) is 4.30. The first-order valence-corrected chi connectivity index (χ1v) is 7.81. The molecule has 2 atom stereocenters. The van der Waals surface area contributed by atoms with Crippen molar-refractivity contribution in [2.45, 2.75) is 25.4 Å². The first kappa shape index (κ1) is 17.1. The van der Waals surface area contributed by atoms with Crippen LogP contribution in [0.2, 0.25) is 5.02 Å². The molecule has 5 nitrogen and oxygen atoms in total. The van der Waals surface area contributed by atoms with E-state index in [0.29, 0.717) is 23.8 Å². The lowest BCUT2D eigenvalue weighted by Crippen LogP contribution is -2.50. The number of hydrogen-bond acceptors (Lipinski definition) is 5. The first-order valence-electron chi connectivity index (χ1n) is 7.06. The van der Waals surface area contributed by atoms with Crippen LogP contribution in [-0.2, 0) is 0 Å². The fourth-order valence-electron chi connectivity index (χ4n) is 2.79. The van der Waals surface area contributed by atoms with E-state index in [1.165, 1.54) is 0 Å². The number of ether oxygens (including phenoxy) is 1. The maximum atomic E-state index is 7.55. The Morgan fingerprint density at radius 1 is 1.59 bits per heavy atom. The van der Waals surface area contributed by atoms with E-state index in [-0.39, 0.29) is 17.3 Å². The van der Waals surface area contributed by atoms with Gasteiger partial charge in [0.05, 0.1) is 24.9 Å². The summed E-state index contributed by atoms with van der Waals surface area (Å²) in [7, 11) is 1.64. The van der Waals surface area contributed by atoms with E-state index < -0.39 is 0 Å². The van der Waals surface area contributed by atoms with Crippen LogP contribution >= 0.6 is 23.2 Å². The molecule has 0 amide bonds. The Labute approximate surface area is 140 Å². The molecule has 0 fully saturated rings. The molecule has 120 valence electrons. The van der Waals surface area contributed by atoms with E-state index in [1.807, 2.05) is 12.1 Å². The molecule has 22 heavy (non-hydrogen) atoms. The first-order chi connectivity index (χ1) is 10.4. The predicted octanol–water partition coefficient (Wildman–Crippen LogP) is 3.06. The Kier molecular flexibility index (Phi) is 5.67. The minimum Gasteiger partial charge on any atom is -0.496 e. The Morgan fingerprint density at radius 3 is 2.95 bits per heavy atom. The third kappa shape index (κ3) is 3.72. The van der Waals surface area contributed by atoms with Crippen molar-refractivity contribution >= 4 is 34.2 Å². The number of aliphatic imine (C=N–C) groups is 1. The highest BCUT2D eigenvalue weighted by Crippen LogP contribution is 2.33. The lowest BCUT2D eigenvalue weighted by Gasteiger charge is -2.38. The van der Waals surface area contributed by atoms with Crippen LogP contribution in [0, 0.1) is 5.41 Å². The minimum atomic E-state index is -0.183. The molecule has 1 aromatic rings. The SMILES string of the molecule is COc1ccc(Cl)cc1C(C)N1CCN=C(N)C1CC(=N)Cl. The second kappa shape index (κ2) is 7.31. The van der Waals surface area contributed by atoms with Crippen LogP contribution in [0.5, 0.6) is 5.75 Å². The van der Waals surface area contributed by atoms with Gasteiger partial charge in [0.25, 0.3) is 0 Å². The normalized spacial score (nSPS) is 20.4. The van der Waals surface area contributed by atoms with Crippen LogP contribution in [-0.4, -0.2) is 42.1 Å². The molecular formula is C15H20Cl2N4O. The van der Waals surface area contributed by atoms with E-state index >= 15 is 0 Å². The highest BCUT2D eigenvalue weighted by Gasteiger charge is 2.31. The number of nitrogens with zero attached hydrogens (tertiary/aromatic N) is 2. The summed E-state index contributed by atoms with van der Waals surface area (Å²) in [6.07, 6.45) is 0.351. The molecule has 0 bridgehead atoms. The molecular weight excluding hydrogens is 323 g/mol. The van der Waals surface area contributed by atoms with E-state index in [9.17, 15) is 0 Å². The van der Waals surface area contributed by atoms with E-state index in [0.717, 1.165) is 17.9 Å². The number of nitrogens with one attached hydrogen (secondary N) is 1. The van der Waals surface area contributed by atoms with Gasteiger partial charge in [-0.25, -0.2) is 0 Å². The van der Waals surface area contributed by atoms with Crippen molar-refractivity contribution in [3.05, 3.63) is 28.8 Å². The van der Waals surface area contributed by atoms with E-state index in [1.54, 1.807) is 13.2 Å². The number of methoxy groups -OCH3 is 1. The summed E-state index contributed by atoms with van der Waals surface area (Å²) < 4.78 is 5.44. The maximum absolute atomic E-state index is 7.55. The quantitative estimate of drug-likeness (QED) is 0.807. The van der Waals surface area contributed by atoms with E-state index in [4.69, 9.17) is 39.1 Å². The van der Waals surface area contributed by atoms with Gasteiger partial charge < -0.3 is 10.5 Å². The van der Waals surface area contributed by atoms with Gasteiger partial charge >= 0.3 is 0 Å². The van der Waals surface area contributed by atoms with Crippen LogP contribution in [0.1, 0.15) is 24.9 Å². The molecule has 7 heteroatoms. The van der Waals surface area contributed by atoms with Crippen LogP contribution in [0.15, 0.2) is 23.2 Å². The van der Waals surface area contributed by atoms with Crippen molar-refractivity contribution in [1.29, 1.82) is 5.41 Å². The fourth-order valence-corrected chi connectivity index (χ4v) is 3.12. The topological polar surface area (TPSA) is 74.7 Å². The van der Waals surface area contributed by atoms with Crippen molar-refractivity contribution in [3.63, 3.8) is 0 Å². The largest absolute Gasteiger partial charge is 0.496 e. The smallest absolute Gasteiger partial charge is 0.123 e. The highest BCUT2D eigenvalue weighted by atomic mass is 35.5. The second-order valence-electron chi connectivity index (χ2n) is 5.23. The predicted molar refractivity (Wildman–Crippen MR) is 91.6 cm³/mol. The Hall–Kier alpha value is -1.30. The molecule has 0 aromatic heterocycles. The van der Waals surface area contributed by atoms with Crippen LogP contribution in [0.3, 0.4) is 0 Å². The zero-order valence-electron chi connectivity index (χ0n) is 12.6. The van der Waals surface area contributed by atoms with Gasteiger partial charge in [0.15, 0.2) is 0 Å². The summed E-state index contributed by atoms with van der Waals surface area (Å²) in [5.74, 6) is 1.29. The summed E-state index contributed by atoms with van der Waals surface area (Å²) in [4.78, 5) is 6.48. The van der Waals surface area contributed by atoms with Crippen molar-refractivity contribution in [2.75, 3.05) is 20.2 Å². The van der Waals surface area contributed by atoms with Crippen molar-refractivity contribution < 1.29 is 4.74 Å². The zero-order chi connectivity index (χ0) is 16.3. The van der Waals surface area contributed by atoms with Crippen molar-refractivity contribution in [2.24, 2.45) is 10.7 Å². The van der Waals surface area contributed by atoms with E-state index in [2.05, 4.69) is 16.8 Å². The van der Waals surface area contributed by atoms with Gasteiger partial charge in [0, 0.05) is 29.6 Å². The maximum Gasteiger partial charge on any atom is 0.123 e. The molecule has 0 spiro atoms.